The number of unbranched alkanes of at least 4 members (excludes halogenated alkanes) is 1. The lowest BCUT2D eigenvalue weighted by Crippen LogP contribution is -2.76. The minimum atomic E-state index is -4.58. The molecule has 0 bridgehead atoms. The molecule has 3 heterocycles. The second-order valence-electron chi connectivity index (χ2n) is 13.2. The summed E-state index contributed by atoms with van der Waals surface area (Å²) >= 11 is 0. The molecule has 1 N–H and O–H groups in total. The molecule has 0 spiro atoms. The molecule has 52 heavy (non-hydrogen) atoms. The van der Waals surface area contributed by atoms with Crippen LogP contribution in [0, 0.1) is 0 Å². The van der Waals surface area contributed by atoms with Gasteiger partial charge in [-0.15, -0.1) is 0 Å². The number of hydrogen-bond acceptors (Lipinski definition) is 6. The fourth-order valence-corrected chi connectivity index (χ4v) is 6.99. The minimum Gasteiger partial charge on any atom is -0.447 e. The fourth-order valence-electron chi connectivity index (χ4n) is 6.99. The Labute approximate surface area is 300 Å². The molecule has 3 aromatic rings. The van der Waals surface area contributed by atoms with Crippen molar-refractivity contribution in [1.29, 1.82) is 0 Å². The van der Waals surface area contributed by atoms with E-state index in [1.807, 2.05) is 60.7 Å². The Balaban J connectivity index is 1.33. The van der Waals surface area contributed by atoms with Crippen LogP contribution in [0.3, 0.4) is 0 Å². The number of cyclic esters (lactones) is 1. The predicted molar refractivity (Wildman–Crippen MR) is 187 cm³/mol. The standard InChI is InChI=1S/C39H42F3N5O5/c1-2-3-19-44-20-22-45(23-21-44)36(49)34(35(48)43-25-28-13-10-16-30(24-28)39(40,41)42)46-31(18-17-27-11-6-4-7-12-27)33(37(46)50)47-32(26-52-38(47)51)29-14-8-5-9-15-29/h4-18,24,31-34H,2-3,19-23,25-26H2,1H3,(H,43,48)/b18-17+/t31-,32+,33+,34?/m1/s1. The maximum atomic E-state index is 14.4. The van der Waals surface area contributed by atoms with Crippen LogP contribution in [-0.4, -0.2) is 101 Å². The van der Waals surface area contributed by atoms with Gasteiger partial charge in [0.2, 0.25) is 5.91 Å². The SMILES string of the molecule is CCCCN1CCN(C(=O)C(C(=O)NCc2cccc(C(F)(F)F)c2)N2C(=O)[C@@H](N3C(=O)OC[C@H]3c3ccccc3)[C@H]2/C=C/c2ccccc2)CC1. The molecular formula is C39H42F3N5O5. The van der Waals surface area contributed by atoms with E-state index < -0.39 is 59.7 Å². The van der Waals surface area contributed by atoms with E-state index in [9.17, 15) is 32.3 Å². The van der Waals surface area contributed by atoms with Crippen molar-refractivity contribution in [3.8, 4) is 0 Å². The highest BCUT2D eigenvalue weighted by atomic mass is 19.4. The number of nitrogens with one attached hydrogen (secondary N) is 1. The largest absolute Gasteiger partial charge is 0.447 e. The van der Waals surface area contributed by atoms with Crippen molar-refractivity contribution in [2.24, 2.45) is 0 Å². The molecule has 3 aliphatic rings. The molecule has 10 nitrogen and oxygen atoms in total. The van der Waals surface area contributed by atoms with Gasteiger partial charge in [-0.2, -0.15) is 13.2 Å². The third kappa shape index (κ3) is 7.99. The molecule has 274 valence electrons. The van der Waals surface area contributed by atoms with Gasteiger partial charge in [-0.25, -0.2) is 4.79 Å². The van der Waals surface area contributed by atoms with Gasteiger partial charge in [0.05, 0.1) is 17.6 Å². The molecule has 1 unspecified atom stereocenters. The monoisotopic (exact) mass is 717 g/mol. The minimum absolute atomic E-state index is 0.0177. The topological polar surface area (TPSA) is 103 Å². The number of amides is 4. The van der Waals surface area contributed by atoms with Crippen LogP contribution in [0.2, 0.25) is 0 Å². The molecule has 0 radical (unpaired) electrons. The number of likely N-dealkylation sites (tertiary alicyclic amines) is 1. The zero-order valence-electron chi connectivity index (χ0n) is 28.9. The zero-order chi connectivity index (χ0) is 36.8. The van der Waals surface area contributed by atoms with E-state index in [4.69, 9.17) is 4.74 Å². The number of rotatable bonds is 12. The van der Waals surface area contributed by atoms with Crippen LogP contribution < -0.4 is 5.32 Å². The van der Waals surface area contributed by atoms with E-state index in [-0.39, 0.29) is 18.7 Å². The predicted octanol–water partition coefficient (Wildman–Crippen LogP) is 5.12. The Hall–Kier alpha value is -5.17. The Morgan fingerprint density at radius 3 is 2.31 bits per heavy atom. The van der Waals surface area contributed by atoms with Crippen molar-refractivity contribution in [2.45, 2.75) is 56.7 Å². The number of carbonyl (C=O) groups is 4. The average Bonchev–Trinajstić information content (AvgIpc) is 3.53. The van der Waals surface area contributed by atoms with Gasteiger partial charge in [-0.3, -0.25) is 24.2 Å². The first-order valence-electron chi connectivity index (χ1n) is 17.6. The van der Waals surface area contributed by atoms with Gasteiger partial charge in [-0.1, -0.05) is 98.3 Å². The smallest absolute Gasteiger partial charge is 0.416 e. The van der Waals surface area contributed by atoms with Crippen molar-refractivity contribution in [1.82, 2.24) is 24.9 Å². The molecule has 4 atom stereocenters. The van der Waals surface area contributed by atoms with Crippen LogP contribution in [0.1, 0.15) is 48.1 Å². The number of piperazine rings is 1. The van der Waals surface area contributed by atoms with Crippen LogP contribution >= 0.6 is 0 Å². The van der Waals surface area contributed by atoms with Crippen LogP contribution in [0.15, 0.2) is 91.0 Å². The zero-order valence-corrected chi connectivity index (χ0v) is 28.9. The van der Waals surface area contributed by atoms with E-state index in [1.54, 1.807) is 17.1 Å². The summed E-state index contributed by atoms with van der Waals surface area (Å²) in [6.45, 7) is 4.56. The number of alkyl halides is 3. The van der Waals surface area contributed by atoms with Crippen molar-refractivity contribution < 1.29 is 37.1 Å². The van der Waals surface area contributed by atoms with Crippen molar-refractivity contribution in [3.05, 3.63) is 113 Å². The fraction of sp³-hybridized carbons (Fsp3) is 0.385. The quantitative estimate of drug-likeness (QED) is 0.206. The average molecular weight is 718 g/mol. The lowest BCUT2D eigenvalue weighted by molar-refractivity contribution is -0.169. The lowest BCUT2D eigenvalue weighted by atomic mass is 9.87. The number of nitrogens with zero attached hydrogens (tertiary/aromatic N) is 4. The number of halogens is 3. The summed E-state index contributed by atoms with van der Waals surface area (Å²) in [5.41, 5.74) is 0.866. The molecule has 3 fully saturated rings. The van der Waals surface area contributed by atoms with Gasteiger partial charge in [0.15, 0.2) is 6.04 Å². The van der Waals surface area contributed by atoms with E-state index in [0.29, 0.717) is 26.2 Å². The van der Waals surface area contributed by atoms with Gasteiger partial charge in [0.1, 0.15) is 12.6 Å². The highest BCUT2D eigenvalue weighted by Crippen LogP contribution is 2.39. The number of benzene rings is 3. The van der Waals surface area contributed by atoms with Crippen LogP contribution in [-0.2, 0) is 31.8 Å². The molecule has 3 aliphatic heterocycles. The van der Waals surface area contributed by atoms with Crippen LogP contribution in [0.25, 0.3) is 6.08 Å². The van der Waals surface area contributed by atoms with Gasteiger partial charge < -0.3 is 19.9 Å². The van der Waals surface area contributed by atoms with E-state index in [2.05, 4.69) is 17.1 Å². The number of β-lactam (4-membered cyclic amide) rings is 1. The molecule has 3 aromatic carbocycles. The first-order chi connectivity index (χ1) is 25.1. The number of carbonyl (C=O) groups excluding carboxylic acids is 4. The molecule has 0 aliphatic carbocycles. The van der Waals surface area contributed by atoms with E-state index in [0.717, 1.165) is 42.6 Å². The second-order valence-corrected chi connectivity index (χ2v) is 13.2. The first kappa shape index (κ1) is 36.6. The highest BCUT2D eigenvalue weighted by molar-refractivity contribution is 6.09. The summed E-state index contributed by atoms with van der Waals surface area (Å²) in [4.78, 5) is 62.6. The first-order valence-corrected chi connectivity index (χ1v) is 17.6. The van der Waals surface area contributed by atoms with E-state index >= 15 is 0 Å². The molecule has 3 saturated heterocycles. The summed E-state index contributed by atoms with van der Waals surface area (Å²) in [5, 5.41) is 2.64. The Kier molecular flexibility index (Phi) is 11.3. The summed E-state index contributed by atoms with van der Waals surface area (Å²) in [6.07, 6.45) is 0.243. The van der Waals surface area contributed by atoms with Crippen LogP contribution in [0.5, 0.6) is 0 Å². The third-order valence-corrected chi connectivity index (χ3v) is 9.83. The highest BCUT2D eigenvalue weighted by Gasteiger charge is 2.59. The van der Waals surface area contributed by atoms with Gasteiger partial charge in [0, 0.05) is 32.7 Å². The maximum Gasteiger partial charge on any atom is 0.416 e. The maximum absolute atomic E-state index is 14.4. The van der Waals surface area contributed by atoms with Gasteiger partial charge >= 0.3 is 12.3 Å². The molecular weight excluding hydrogens is 675 g/mol. The lowest BCUT2D eigenvalue weighted by Gasteiger charge is -2.52. The molecule has 6 rings (SSSR count). The third-order valence-electron chi connectivity index (χ3n) is 9.83. The summed E-state index contributed by atoms with van der Waals surface area (Å²) in [5.74, 6) is -2.04. The van der Waals surface area contributed by atoms with Gasteiger partial charge in [0.25, 0.3) is 11.8 Å². The van der Waals surface area contributed by atoms with Crippen LogP contribution in [0.4, 0.5) is 18.0 Å². The Bertz CT molecular complexity index is 1760. The summed E-state index contributed by atoms with van der Waals surface area (Å²) < 4.78 is 45.8. The normalized spacial score (nSPS) is 21.6. The number of ether oxygens (including phenoxy) is 1. The van der Waals surface area contributed by atoms with Crippen molar-refractivity contribution in [3.63, 3.8) is 0 Å². The second kappa shape index (κ2) is 16.0. The molecule has 0 aromatic heterocycles. The Morgan fingerprint density at radius 1 is 0.942 bits per heavy atom. The van der Waals surface area contributed by atoms with E-state index in [1.165, 1.54) is 21.9 Å². The molecule has 13 heteroatoms. The summed E-state index contributed by atoms with van der Waals surface area (Å²) in [6, 6.07) is 18.8. The molecule has 4 amide bonds. The summed E-state index contributed by atoms with van der Waals surface area (Å²) in [7, 11) is 0. The van der Waals surface area contributed by atoms with Gasteiger partial charge in [-0.05, 0) is 41.8 Å². The van der Waals surface area contributed by atoms with Crippen molar-refractivity contribution in [2.75, 3.05) is 39.3 Å². The molecule has 0 saturated carbocycles. The van der Waals surface area contributed by atoms with Crippen molar-refractivity contribution >= 4 is 29.9 Å². The Morgan fingerprint density at radius 2 is 1.63 bits per heavy atom. The number of hydrogen-bond donors (Lipinski definition) is 1.